The van der Waals surface area contributed by atoms with Crippen LogP contribution in [0.1, 0.15) is 0 Å². The Labute approximate surface area is 52.7 Å². The zero-order valence-electron chi connectivity index (χ0n) is 3.16. The molecule has 0 aromatic carbocycles. The van der Waals surface area contributed by atoms with Crippen LogP contribution in [0.3, 0.4) is 0 Å². The summed E-state index contributed by atoms with van der Waals surface area (Å²) in [7, 11) is 0. The molecule has 4 heteroatoms. The number of rotatable bonds is 0. The van der Waals surface area contributed by atoms with Crippen LogP contribution in [0.25, 0.3) is 0 Å². The average Bonchev–Trinajstić information content (AvgIpc) is 1.81. The predicted molar refractivity (Wildman–Crippen MR) is 13.9 cm³/mol. The van der Waals surface area contributed by atoms with Gasteiger partial charge in [-0.15, -0.1) is 0 Å². The molecule has 1 radical (unpaired) electrons. The van der Waals surface area contributed by atoms with E-state index in [2.05, 4.69) is 6.65 Å². The second-order valence-corrected chi connectivity index (χ2v) is 0. The van der Waals surface area contributed by atoms with Gasteiger partial charge in [-0.05, 0) is 0 Å². The Kier molecular flexibility index (Phi) is 794. The van der Waals surface area contributed by atoms with E-state index in [1.165, 1.54) is 0 Å². The molecule has 0 aromatic rings. The molecule has 0 saturated carbocycles. The normalized spacial score (nSPS) is 0.857. The van der Waals surface area contributed by atoms with Crippen LogP contribution >= 0.6 is 0 Å². The fraction of sp³-hybridized carbons (Fsp3) is 0. The van der Waals surface area contributed by atoms with Crippen LogP contribution in [0.2, 0.25) is 0 Å². The van der Waals surface area contributed by atoms with Gasteiger partial charge in [-0.25, -0.2) is 0 Å². The Bertz CT molecular complexity index is 41.4. The molecule has 0 bridgehead atoms. The van der Waals surface area contributed by atoms with Gasteiger partial charge in [0, 0.05) is 0 Å². The first-order valence-corrected chi connectivity index (χ1v) is 0.651. The minimum absolute atomic E-state index is 0. The van der Waals surface area contributed by atoms with Crippen molar-refractivity contribution in [2.75, 3.05) is 0 Å². The summed E-state index contributed by atoms with van der Waals surface area (Å²) >= 11 is 0. The minimum atomic E-state index is 0. The number of hydrogen-bond donors (Lipinski definition) is 0. The minimum Gasteiger partial charge on any atom is 3.00 e. The Balaban J connectivity index is -0.00000000900. The van der Waals surface area contributed by atoms with Gasteiger partial charge < -0.3 is 23.7 Å². The summed E-state index contributed by atoms with van der Waals surface area (Å²) in [6.07, 6.45) is 0. The van der Waals surface area contributed by atoms with E-state index in [0.29, 0.717) is 0 Å². The SMILES string of the molecule is [C-]#N.[C-]#N.[C-]#[O+].[Fe+3]. The van der Waals surface area contributed by atoms with Crippen molar-refractivity contribution in [2.24, 2.45) is 0 Å². The van der Waals surface area contributed by atoms with E-state index in [0.717, 1.165) is 0 Å². The van der Waals surface area contributed by atoms with E-state index in [9.17, 15) is 0 Å². The third kappa shape index (κ3) is 95.1. The van der Waals surface area contributed by atoms with Crippen LogP contribution < -0.4 is 0 Å². The van der Waals surface area contributed by atoms with E-state index in [4.69, 9.17) is 28.3 Å². The first-order valence-electron chi connectivity index (χ1n) is 0.651. The van der Waals surface area contributed by atoms with E-state index in [1.54, 1.807) is 0 Å². The molecule has 0 heterocycles. The molecule has 0 atom stereocenters. The van der Waals surface area contributed by atoms with Gasteiger partial charge in [-0.3, -0.25) is 0 Å². The summed E-state index contributed by atoms with van der Waals surface area (Å²) < 4.78 is 7.50. The molecule has 35 valence electrons. The van der Waals surface area contributed by atoms with Crippen molar-refractivity contribution in [3.63, 3.8) is 0 Å². The van der Waals surface area contributed by atoms with Crippen molar-refractivity contribution in [1.29, 1.82) is 10.5 Å². The molecule has 0 aliphatic carbocycles. The number of hydrogen-bond acceptors (Lipinski definition) is 2. The molecule has 0 spiro atoms. The first kappa shape index (κ1) is 34.2. The van der Waals surface area contributed by atoms with Gasteiger partial charge in [0.25, 0.3) is 0 Å². The molecule has 7 heavy (non-hydrogen) atoms. The van der Waals surface area contributed by atoms with Gasteiger partial charge in [0.05, 0.1) is 0 Å². The number of nitrogens with zero attached hydrogens (tertiary/aromatic N) is 2. The zero-order chi connectivity index (χ0) is 6.00. The summed E-state index contributed by atoms with van der Waals surface area (Å²) in [6, 6.07) is 0. The molecular weight excluding hydrogens is 136 g/mol. The van der Waals surface area contributed by atoms with Crippen molar-refractivity contribution in [3.05, 3.63) is 19.8 Å². The van der Waals surface area contributed by atoms with Gasteiger partial charge in [-0.1, -0.05) is 0 Å². The van der Waals surface area contributed by atoms with Crippen molar-refractivity contribution >= 4 is 0 Å². The molecule has 0 aliphatic rings. The third-order valence-electron chi connectivity index (χ3n) is 0. The summed E-state index contributed by atoms with van der Waals surface area (Å²) in [5.41, 5.74) is 0. The van der Waals surface area contributed by atoms with Crippen molar-refractivity contribution < 1.29 is 21.7 Å². The van der Waals surface area contributed by atoms with Gasteiger partial charge in [-0.2, -0.15) is 0 Å². The molecule has 0 unspecified atom stereocenters. The maximum absolute atomic E-state index is 7.50. The fourth-order valence-corrected chi connectivity index (χ4v) is 0. The van der Waals surface area contributed by atoms with E-state index >= 15 is 0 Å². The molecule has 3 nitrogen and oxygen atoms in total. The van der Waals surface area contributed by atoms with Crippen molar-refractivity contribution in [3.8, 4) is 0 Å². The molecule has 0 saturated heterocycles. The summed E-state index contributed by atoms with van der Waals surface area (Å²) in [5, 5.41) is 12.5. The Morgan fingerprint density at radius 2 is 0.857 bits per heavy atom. The average molecular weight is 136 g/mol. The van der Waals surface area contributed by atoms with Gasteiger partial charge >= 0.3 is 28.4 Å². The molecule has 0 amide bonds. The van der Waals surface area contributed by atoms with Crippen molar-refractivity contribution in [2.45, 2.75) is 0 Å². The quantitative estimate of drug-likeness (QED) is 0.270. The molecule has 0 rings (SSSR count). The van der Waals surface area contributed by atoms with Crippen LogP contribution in [0.15, 0.2) is 0 Å². The molecule has 0 aliphatic heterocycles. The second kappa shape index (κ2) is 163. The Hall–Kier alpha value is -0.761. The second-order valence-electron chi connectivity index (χ2n) is 0. The topological polar surface area (TPSA) is 67.5 Å². The van der Waals surface area contributed by atoms with Gasteiger partial charge in [0.2, 0.25) is 0 Å². The predicted octanol–water partition coefficient (Wildman–Crippen LogP) is 0.153. The molecule has 0 N–H and O–H groups in total. The summed E-state index contributed by atoms with van der Waals surface area (Å²) in [4.78, 5) is 0. The monoisotopic (exact) mass is 136 g/mol. The van der Waals surface area contributed by atoms with Crippen LogP contribution in [-0.2, 0) is 21.7 Å². The fourth-order valence-electron chi connectivity index (χ4n) is 0. The Morgan fingerprint density at radius 1 is 0.857 bits per heavy atom. The van der Waals surface area contributed by atoms with E-state index in [-0.39, 0.29) is 17.1 Å². The van der Waals surface area contributed by atoms with Gasteiger partial charge in [0.15, 0.2) is 0 Å². The summed E-state index contributed by atoms with van der Waals surface area (Å²) in [6.45, 7) is 14.0. The maximum atomic E-state index is 7.50. The first-order chi connectivity index (χ1) is 3.00. The van der Waals surface area contributed by atoms with Crippen LogP contribution in [-0.4, -0.2) is 0 Å². The Morgan fingerprint density at radius 3 is 0.857 bits per heavy atom. The van der Waals surface area contributed by atoms with Crippen molar-refractivity contribution in [1.82, 2.24) is 0 Å². The molecule has 0 aromatic heterocycles. The van der Waals surface area contributed by atoms with E-state index in [1.807, 2.05) is 0 Å². The smallest absolute Gasteiger partial charge is 3.00 e. The maximum Gasteiger partial charge on any atom is 3.00 e. The standard InChI is InChI=1S/2CN.CO.Fe/c3*1-2;/q2*-1;;+3. The van der Waals surface area contributed by atoms with Gasteiger partial charge in [0.1, 0.15) is 0 Å². The van der Waals surface area contributed by atoms with Crippen LogP contribution in [0.4, 0.5) is 0 Å². The summed E-state index contributed by atoms with van der Waals surface area (Å²) in [5.74, 6) is 0. The zero-order valence-corrected chi connectivity index (χ0v) is 4.26. The van der Waals surface area contributed by atoms with E-state index < -0.39 is 0 Å². The molecule has 0 fully saturated rings. The largest absolute Gasteiger partial charge is 3.00 e. The molecular formula is C3FeN2O+. The van der Waals surface area contributed by atoms with Crippen LogP contribution in [0.5, 0.6) is 0 Å². The van der Waals surface area contributed by atoms with Crippen LogP contribution in [0, 0.1) is 30.3 Å². The third-order valence-corrected chi connectivity index (χ3v) is 0.